The van der Waals surface area contributed by atoms with Crippen molar-refractivity contribution in [3.05, 3.63) is 158 Å². The van der Waals surface area contributed by atoms with Crippen LogP contribution in [0.2, 0.25) is 0 Å². The SMILES string of the molecule is c1ccc(-c2nc(-c3ccc4oc5c(-c6cccc7ccccc67)nc6ccccc6c5c4c3)nc(-c3cccc4c3sc3ccccc34)n2)cc1. The van der Waals surface area contributed by atoms with Crippen molar-refractivity contribution in [1.29, 1.82) is 0 Å². The van der Waals surface area contributed by atoms with Crippen LogP contribution in [-0.4, -0.2) is 19.9 Å². The highest BCUT2D eigenvalue weighted by molar-refractivity contribution is 7.26. The molecule has 0 amide bonds. The van der Waals surface area contributed by atoms with Crippen LogP contribution in [0.25, 0.3) is 109 Å². The van der Waals surface area contributed by atoms with Gasteiger partial charge in [0.25, 0.3) is 0 Å². The molecule has 5 nitrogen and oxygen atoms in total. The Hall–Kier alpha value is -6.76. The van der Waals surface area contributed by atoms with Crippen LogP contribution < -0.4 is 0 Å². The minimum atomic E-state index is 0.603. The monoisotopic (exact) mass is 682 g/mol. The molecule has 242 valence electrons. The Morgan fingerprint density at radius 1 is 0.442 bits per heavy atom. The van der Waals surface area contributed by atoms with Gasteiger partial charge in [0.1, 0.15) is 11.3 Å². The Balaban J connectivity index is 1.17. The molecule has 0 aliphatic rings. The molecule has 0 aliphatic carbocycles. The summed E-state index contributed by atoms with van der Waals surface area (Å²) in [7, 11) is 0. The van der Waals surface area contributed by atoms with Gasteiger partial charge in [0, 0.05) is 58.6 Å². The number of rotatable bonds is 4. The molecule has 6 heteroatoms. The molecule has 0 saturated carbocycles. The summed E-state index contributed by atoms with van der Waals surface area (Å²) < 4.78 is 9.14. The first-order valence-corrected chi connectivity index (χ1v) is 18.0. The molecular weight excluding hydrogens is 657 g/mol. The van der Waals surface area contributed by atoms with E-state index in [0.29, 0.717) is 17.5 Å². The second kappa shape index (κ2) is 11.4. The third-order valence-corrected chi connectivity index (χ3v) is 11.1. The molecule has 0 atom stereocenters. The average Bonchev–Trinajstić information content (AvgIpc) is 3.79. The fourth-order valence-electron chi connectivity index (χ4n) is 7.50. The van der Waals surface area contributed by atoms with Crippen molar-refractivity contribution >= 4 is 75.1 Å². The molecule has 4 heterocycles. The number of furan rings is 1. The largest absolute Gasteiger partial charge is 0.454 e. The lowest BCUT2D eigenvalue weighted by molar-refractivity contribution is 0.669. The van der Waals surface area contributed by atoms with E-state index in [4.69, 9.17) is 24.4 Å². The standard InChI is InChI=1S/C46H26N4OS/c1-2-13-28(14-3-1)44-48-45(50-46(49-44)35-21-11-20-33-31-17-7-9-23-39(31)52-43(33)35)29-24-25-38-36(26-29)40-34-18-6-8-22-37(34)47-41(42(40)51-38)32-19-10-15-27-12-4-5-16-30(27)32/h1-26H. The Kier molecular flexibility index (Phi) is 6.35. The molecule has 0 saturated heterocycles. The van der Waals surface area contributed by atoms with Gasteiger partial charge in [0.05, 0.1) is 5.52 Å². The van der Waals surface area contributed by atoms with Gasteiger partial charge in [0.15, 0.2) is 23.1 Å². The number of hydrogen-bond donors (Lipinski definition) is 0. The summed E-state index contributed by atoms with van der Waals surface area (Å²) >= 11 is 1.77. The molecule has 0 N–H and O–H groups in total. The number of nitrogens with zero attached hydrogens (tertiary/aromatic N) is 4. The van der Waals surface area contributed by atoms with E-state index in [1.54, 1.807) is 11.3 Å². The number of benzene rings is 7. The number of aromatic nitrogens is 4. The second-order valence-corrected chi connectivity index (χ2v) is 14.0. The molecule has 0 spiro atoms. The summed E-state index contributed by atoms with van der Waals surface area (Å²) in [4.78, 5) is 20.6. The Morgan fingerprint density at radius 2 is 1.12 bits per heavy atom. The Bertz CT molecular complexity index is 3200. The van der Waals surface area contributed by atoms with Gasteiger partial charge in [-0.1, -0.05) is 121 Å². The number of fused-ring (bicyclic) bond motifs is 9. The molecule has 11 aromatic rings. The van der Waals surface area contributed by atoms with E-state index >= 15 is 0 Å². The van der Waals surface area contributed by atoms with Crippen LogP contribution in [0.15, 0.2) is 162 Å². The van der Waals surface area contributed by atoms with E-state index in [9.17, 15) is 0 Å². The molecule has 7 aromatic carbocycles. The van der Waals surface area contributed by atoms with Gasteiger partial charge >= 0.3 is 0 Å². The van der Waals surface area contributed by atoms with Crippen molar-refractivity contribution < 1.29 is 4.42 Å². The first kappa shape index (κ1) is 29.0. The third-order valence-electron chi connectivity index (χ3n) is 9.92. The molecule has 0 radical (unpaired) electrons. The van der Waals surface area contributed by atoms with E-state index in [1.165, 1.54) is 15.5 Å². The molecule has 0 unspecified atom stereocenters. The molecular formula is C46H26N4OS. The van der Waals surface area contributed by atoms with Crippen molar-refractivity contribution in [2.45, 2.75) is 0 Å². The zero-order valence-corrected chi connectivity index (χ0v) is 28.4. The van der Waals surface area contributed by atoms with Crippen LogP contribution in [0.5, 0.6) is 0 Å². The smallest absolute Gasteiger partial charge is 0.165 e. The highest BCUT2D eigenvalue weighted by Crippen LogP contribution is 2.43. The zero-order valence-electron chi connectivity index (χ0n) is 27.6. The van der Waals surface area contributed by atoms with Gasteiger partial charge < -0.3 is 4.42 Å². The summed E-state index contributed by atoms with van der Waals surface area (Å²) in [5.74, 6) is 1.88. The minimum Gasteiger partial charge on any atom is -0.454 e. The van der Waals surface area contributed by atoms with E-state index in [1.807, 2.05) is 48.5 Å². The Labute approximate surface area is 301 Å². The highest BCUT2D eigenvalue weighted by atomic mass is 32.1. The van der Waals surface area contributed by atoms with Crippen LogP contribution in [0.1, 0.15) is 0 Å². The number of thiophene rings is 1. The van der Waals surface area contributed by atoms with Crippen molar-refractivity contribution in [3.8, 4) is 45.4 Å². The number of pyridine rings is 1. The number of para-hydroxylation sites is 1. The van der Waals surface area contributed by atoms with Gasteiger partial charge in [-0.3, -0.25) is 0 Å². The first-order chi connectivity index (χ1) is 25.8. The maximum Gasteiger partial charge on any atom is 0.165 e. The molecule has 0 bridgehead atoms. The summed E-state index contributed by atoms with van der Waals surface area (Å²) in [5, 5.41) is 7.79. The Morgan fingerprint density at radius 3 is 2.02 bits per heavy atom. The zero-order chi connectivity index (χ0) is 34.2. The quantitative estimate of drug-likeness (QED) is 0.185. The van der Waals surface area contributed by atoms with E-state index in [0.717, 1.165) is 76.3 Å². The highest BCUT2D eigenvalue weighted by Gasteiger charge is 2.21. The number of hydrogen-bond acceptors (Lipinski definition) is 6. The van der Waals surface area contributed by atoms with Crippen molar-refractivity contribution in [2.24, 2.45) is 0 Å². The van der Waals surface area contributed by atoms with E-state index in [-0.39, 0.29) is 0 Å². The van der Waals surface area contributed by atoms with Gasteiger partial charge in [-0.25, -0.2) is 19.9 Å². The van der Waals surface area contributed by atoms with E-state index in [2.05, 4.69) is 109 Å². The van der Waals surface area contributed by atoms with Gasteiger partial charge in [-0.15, -0.1) is 11.3 Å². The summed E-state index contributed by atoms with van der Waals surface area (Å²) in [6.45, 7) is 0. The van der Waals surface area contributed by atoms with E-state index < -0.39 is 0 Å². The average molecular weight is 683 g/mol. The van der Waals surface area contributed by atoms with Crippen LogP contribution in [0, 0.1) is 0 Å². The fraction of sp³-hybridized carbons (Fsp3) is 0. The lowest BCUT2D eigenvalue weighted by Gasteiger charge is -2.10. The maximum atomic E-state index is 6.73. The van der Waals surface area contributed by atoms with Crippen molar-refractivity contribution in [2.75, 3.05) is 0 Å². The van der Waals surface area contributed by atoms with Crippen molar-refractivity contribution in [3.63, 3.8) is 0 Å². The lowest BCUT2D eigenvalue weighted by atomic mass is 9.98. The van der Waals surface area contributed by atoms with Gasteiger partial charge in [-0.2, -0.15) is 0 Å². The summed E-state index contributed by atoms with van der Waals surface area (Å²) in [6, 6.07) is 54.4. The normalized spacial score (nSPS) is 11.8. The minimum absolute atomic E-state index is 0.603. The third kappa shape index (κ3) is 4.48. The fourth-order valence-corrected chi connectivity index (χ4v) is 8.72. The maximum absolute atomic E-state index is 6.73. The van der Waals surface area contributed by atoms with Crippen molar-refractivity contribution in [1.82, 2.24) is 19.9 Å². The molecule has 0 aliphatic heterocycles. The predicted octanol–water partition coefficient (Wildman–Crippen LogP) is 12.5. The molecule has 11 rings (SSSR count). The molecule has 0 fully saturated rings. The van der Waals surface area contributed by atoms with Crippen LogP contribution in [0.3, 0.4) is 0 Å². The molecule has 52 heavy (non-hydrogen) atoms. The van der Waals surface area contributed by atoms with Crippen LogP contribution >= 0.6 is 11.3 Å². The first-order valence-electron chi connectivity index (χ1n) is 17.2. The lowest BCUT2D eigenvalue weighted by Crippen LogP contribution is -2.00. The topological polar surface area (TPSA) is 64.7 Å². The van der Waals surface area contributed by atoms with Crippen LogP contribution in [0.4, 0.5) is 0 Å². The molecule has 4 aromatic heterocycles. The van der Waals surface area contributed by atoms with Crippen LogP contribution in [-0.2, 0) is 0 Å². The summed E-state index contributed by atoms with van der Waals surface area (Å²) in [5.41, 5.74) is 7.13. The predicted molar refractivity (Wildman–Crippen MR) is 215 cm³/mol. The van der Waals surface area contributed by atoms with Gasteiger partial charge in [-0.05, 0) is 47.2 Å². The van der Waals surface area contributed by atoms with Gasteiger partial charge in [0.2, 0.25) is 0 Å². The second-order valence-electron chi connectivity index (χ2n) is 13.0. The summed E-state index contributed by atoms with van der Waals surface area (Å²) in [6.07, 6.45) is 0.